The van der Waals surface area contributed by atoms with Gasteiger partial charge in [-0.25, -0.2) is 0 Å². The number of H-pyrrole nitrogens is 1. The van der Waals surface area contributed by atoms with Crippen molar-refractivity contribution in [3.05, 3.63) is 28.9 Å². The number of hydrogen-bond acceptors (Lipinski definition) is 4. The number of carbonyl (C=O) groups excluding carboxylic acids is 1. The fraction of sp³-hybridized carbons (Fsp3) is 0.619. The van der Waals surface area contributed by atoms with Crippen LogP contribution in [0.25, 0.3) is 10.9 Å². The second-order valence-electron chi connectivity index (χ2n) is 8.99. The summed E-state index contributed by atoms with van der Waals surface area (Å²) in [6.07, 6.45) is 5.83. The van der Waals surface area contributed by atoms with E-state index in [4.69, 9.17) is 11.6 Å². The Morgan fingerprint density at radius 3 is 2.54 bits per heavy atom. The van der Waals surface area contributed by atoms with Gasteiger partial charge in [0.15, 0.2) is 0 Å². The van der Waals surface area contributed by atoms with E-state index in [-0.39, 0.29) is 17.9 Å². The van der Waals surface area contributed by atoms with E-state index in [1.807, 2.05) is 17.0 Å². The fourth-order valence-electron chi connectivity index (χ4n) is 5.73. The smallest absolute Gasteiger partial charge is 0.225 e. The van der Waals surface area contributed by atoms with Gasteiger partial charge in [0.1, 0.15) is 0 Å². The van der Waals surface area contributed by atoms with E-state index in [1.54, 1.807) is 6.20 Å². The number of carbonyl (C=O) groups is 1. The van der Waals surface area contributed by atoms with E-state index in [0.29, 0.717) is 29.7 Å². The molecular weight excluding hydrogens is 378 g/mol. The molecule has 2 saturated carbocycles. The highest BCUT2D eigenvalue weighted by Crippen LogP contribution is 2.51. The van der Waals surface area contributed by atoms with Crippen LogP contribution >= 0.6 is 11.6 Å². The zero-order chi connectivity index (χ0) is 19.5. The molecule has 2 aliphatic carbocycles. The van der Waals surface area contributed by atoms with Crippen molar-refractivity contribution >= 4 is 28.4 Å². The Morgan fingerprint density at radius 2 is 1.86 bits per heavy atom. The number of amides is 1. The predicted octanol–water partition coefficient (Wildman–Crippen LogP) is 2.82. The maximum Gasteiger partial charge on any atom is 0.225 e. The summed E-state index contributed by atoms with van der Waals surface area (Å²) in [6, 6.07) is 3.69. The summed E-state index contributed by atoms with van der Waals surface area (Å²) >= 11 is 6.27. The third kappa shape index (κ3) is 3.02. The number of aliphatic hydroxyl groups is 2. The highest BCUT2D eigenvalue weighted by molar-refractivity contribution is 6.31. The van der Waals surface area contributed by atoms with Crippen LogP contribution in [0.2, 0.25) is 5.02 Å². The molecular formula is C21H26ClN3O3. The third-order valence-corrected chi connectivity index (χ3v) is 7.38. The molecule has 2 aromatic rings. The number of nitrogens with zero attached hydrogens (tertiary/aromatic N) is 2. The minimum Gasteiger partial charge on any atom is -0.393 e. The normalized spacial score (nSPS) is 35.5. The summed E-state index contributed by atoms with van der Waals surface area (Å²) in [4.78, 5) is 14.9. The van der Waals surface area contributed by atoms with Crippen LogP contribution in [-0.2, 0) is 10.4 Å². The molecule has 6 nitrogen and oxygen atoms in total. The third-order valence-electron chi connectivity index (χ3n) is 7.16. The molecule has 3 atom stereocenters. The number of rotatable bonds is 2. The van der Waals surface area contributed by atoms with Crippen LogP contribution in [0.1, 0.15) is 44.1 Å². The standard InChI is InChI=1S/C21H26ClN3O3/c22-15-5-18(17-9-23-24-19(17)6-15)21(28)7-13-10-25(11-14(13)8-21)20(27)12-1-3-16(26)4-2-12/h5-6,9,12-14,16,26,28H,1-4,7-8,10-11H2,(H,23,24)/t12?,13-,14+,16?,21+. The lowest BCUT2D eigenvalue weighted by Crippen LogP contribution is -2.38. The Kier molecular flexibility index (Phi) is 4.41. The van der Waals surface area contributed by atoms with E-state index in [2.05, 4.69) is 10.2 Å². The van der Waals surface area contributed by atoms with Crippen LogP contribution in [0.5, 0.6) is 0 Å². The van der Waals surface area contributed by atoms with Crippen LogP contribution in [0.15, 0.2) is 18.3 Å². The molecule has 0 radical (unpaired) electrons. The molecule has 3 aliphatic rings. The lowest BCUT2D eigenvalue weighted by molar-refractivity contribution is -0.136. The molecule has 3 N–H and O–H groups in total. The molecule has 1 saturated heterocycles. The molecule has 1 aliphatic heterocycles. The lowest BCUT2D eigenvalue weighted by atomic mass is 9.86. The summed E-state index contributed by atoms with van der Waals surface area (Å²) in [7, 11) is 0. The van der Waals surface area contributed by atoms with Gasteiger partial charge in [-0.15, -0.1) is 0 Å². The topological polar surface area (TPSA) is 89.5 Å². The van der Waals surface area contributed by atoms with Crippen LogP contribution in [0, 0.1) is 17.8 Å². The van der Waals surface area contributed by atoms with Gasteiger partial charge in [0, 0.05) is 29.4 Å². The Morgan fingerprint density at radius 1 is 1.18 bits per heavy atom. The van der Waals surface area contributed by atoms with E-state index >= 15 is 0 Å². The highest BCUT2D eigenvalue weighted by Gasteiger charge is 2.51. The second-order valence-corrected chi connectivity index (χ2v) is 9.43. The number of aromatic amines is 1. The molecule has 0 bridgehead atoms. The van der Waals surface area contributed by atoms with Gasteiger partial charge in [0.2, 0.25) is 5.91 Å². The number of nitrogens with one attached hydrogen (secondary N) is 1. The first-order valence-corrected chi connectivity index (χ1v) is 10.6. The first-order valence-electron chi connectivity index (χ1n) is 10.3. The van der Waals surface area contributed by atoms with E-state index in [9.17, 15) is 15.0 Å². The van der Waals surface area contributed by atoms with Crippen molar-refractivity contribution in [1.82, 2.24) is 15.1 Å². The number of benzene rings is 1. The molecule has 1 amide bonds. The number of likely N-dealkylation sites (tertiary alicyclic amines) is 1. The number of hydrogen-bond donors (Lipinski definition) is 3. The Labute approximate surface area is 168 Å². The molecule has 28 heavy (non-hydrogen) atoms. The Hall–Kier alpha value is -1.63. The van der Waals surface area contributed by atoms with Crippen molar-refractivity contribution in [2.75, 3.05) is 13.1 Å². The Balaban J connectivity index is 1.31. The monoisotopic (exact) mass is 403 g/mol. The molecule has 1 aromatic carbocycles. The average Bonchev–Trinajstić information content (AvgIpc) is 3.34. The van der Waals surface area contributed by atoms with Gasteiger partial charge in [-0.1, -0.05) is 11.6 Å². The number of fused-ring (bicyclic) bond motifs is 2. The van der Waals surface area contributed by atoms with Crippen LogP contribution in [0.3, 0.4) is 0 Å². The SMILES string of the molecule is O=C(C1CCC(O)CC1)N1C[C@@H]2C[C@](O)(c3cc(Cl)cc4[nH]ncc34)C[C@@H]2C1. The van der Waals surface area contributed by atoms with Crippen molar-refractivity contribution in [3.63, 3.8) is 0 Å². The number of aromatic nitrogens is 2. The summed E-state index contributed by atoms with van der Waals surface area (Å²) < 4.78 is 0. The number of halogens is 1. The molecule has 2 heterocycles. The van der Waals surface area contributed by atoms with Gasteiger partial charge < -0.3 is 15.1 Å². The molecule has 1 aromatic heterocycles. The van der Waals surface area contributed by atoms with Crippen molar-refractivity contribution in [2.45, 2.75) is 50.2 Å². The molecule has 3 fully saturated rings. The maximum atomic E-state index is 12.9. The van der Waals surface area contributed by atoms with Crippen LogP contribution in [-0.4, -0.2) is 50.4 Å². The predicted molar refractivity (Wildman–Crippen MR) is 106 cm³/mol. The van der Waals surface area contributed by atoms with Gasteiger partial charge in [0.25, 0.3) is 0 Å². The fourth-order valence-corrected chi connectivity index (χ4v) is 5.95. The van der Waals surface area contributed by atoms with E-state index < -0.39 is 5.60 Å². The second kappa shape index (κ2) is 6.71. The highest BCUT2D eigenvalue weighted by atomic mass is 35.5. The summed E-state index contributed by atoms with van der Waals surface area (Å²) in [5, 5.41) is 29.7. The zero-order valence-corrected chi connectivity index (χ0v) is 16.5. The van der Waals surface area contributed by atoms with Gasteiger partial charge in [0.05, 0.1) is 23.4 Å². The number of aliphatic hydroxyl groups excluding tert-OH is 1. The zero-order valence-electron chi connectivity index (χ0n) is 15.8. The minimum absolute atomic E-state index is 0.0552. The first kappa shape index (κ1) is 18.4. The minimum atomic E-state index is -0.924. The molecule has 0 spiro atoms. The van der Waals surface area contributed by atoms with Crippen molar-refractivity contribution in [2.24, 2.45) is 17.8 Å². The Bertz CT molecular complexity index is 891. The van der Waals surface area contributed by atoms with E-state index in [0.717, 1.165) is 55.2 Å². The quantitative estimate of drug-likeness (QED) is 0.719. The summed E-state index contributed by atoms with van der Waals surface area (Å²) in [6.45, 7) is 1.44. The van der Waals surface area contributed by atoms with Crippen LogP contribution < -0.4 is 0 Å². The largest absolute Gasteiger partial charge is 0.393 e. The van der Waals surface area contributed by atoms with Gasteiger partial charge in [-0.2, -0.15) is 5.10 Å². The van der Waals surface area contributed by atoms with E-state index in [1.165, 1.54) is 0 Å². The van der Waals surface area contributed by atoms with Gasteiger partial charge >= 0.3 is 0 Å². The van der Waals surface area contributed by atoms with Crippen molar-refractivity contribution in [3.8, 4) is 0 Å². The summed E-state index contributed by atoms with van der Waals surface area (Å²) in [5.74, 6) is 0.914. The lowest BCUT2D eigenvalue weighted by Gasteiger charge is -2.30. The van der Waals surface area contributed by atoms with Gasteiger partial charge in [-0.3, -0.25) is 9.89 Å². The van der Waals surface area contributed by atoms with Crippen molar-refractivity contribution in [1.29, 1.82) is 0 Å². The summed E-state index contributed by atoms with van der Waals surface area (Å²) in [5.41, 5.74) is 0.758. The van der Waals surface area contributed by atoms with Crippen LogP contribution in [0.4, 0.5) is 0 Å². The first-order chi connectivity index (χ1) is 13.4. The maximum absolute atomic E-state index is 12.9. The average molecular weight is 404 g/mol. The molecule has 7 heteroatoms. The van der Waals surface area contributed by atoms with Gasteiger partial charge in [-0.05, 0) is 68.1 Å². The molecule has 150 valence electrons. The molecule has 5 rings (SSSR count). The van der Waals surface area contributed by atoms with Crippen molar-refractivity contribution < 1.29 is 15.0 Å². The molecule has 0 unspecified atom stereocenters.